The first-order valence-electron chi connectivity index (χ1n) is 6.21. The monoisotopic (exact) mass is 264 g/mol. The van der Waals surface area contributed by atoms with Gasteiger partial charge in [-0.2, -0.15) is 0 Å². The van der Waals surface area contributed by atoms with Crippen molar-refractivity contribution in [2.24, 2.45) is 0 Å². The molecule has 0 atom stereocenters. The molecular weight excluding hydrogens is 252 g/mol. The molecule has 0 spiro atoms. The highest BCUT2D eigenvalue weighted by atomic mass is 16.5. The van der Waals surface area contributed by atoms with Crippen molar-refractivity contribution in [3.05, 3.63) is 66.2 Å². The molecule has 0 fully saturated rings. The Hall–Kier alpha value is -2.81. The maximum Gasteiger partial charge on any atom is 0.150 e. The minimum atomic E-state index is 0.227. The summed E-state index contributed by atoms with van der Waals surface area (Å²) in [6.45, 7) is 0. The zero-order valence-electron chi connectivity index (χ0n) is 10.6. The second-order valence-electron chi connectivity index (χ2n) is 4.45. The molecule has 0 bridgehead atoms. The summed E-state index contributed by atoms with van der Waals surface area (Å²) in [4.78, 5) is 10.6. The number of aldehydes is 1. The van der Waals surface area contributed by atoms with Gasteiger partial charge < -0.3 is 9.84 Å². The molecule has 0 heterocycles. The SMILES string of the molecule is O=Cc1ccc(Oc2cccc3cc(O)ccc23)cc1. The lowest BCUT2D eigenvalue weighted by atomic mass is 10.1. The number of carbonyl (C=O) groups is 1. The fraction of sp³-hybridized carbons (Fsp3) is 0. The summed E-state index contributed by atoms with van der Waals surface area (Å²) in [6, 6.07) is 17.7. The molecule has 0 amide bonds. The van der Waals surface area contributed by atoms with E-state index in [-0.39, 0.29) is 5.75 Å². The predicted molar refractivity (Wildman–Crippen MR) is 77.5 cm³/mol. The number of aromatic hydroxyl groups is 1. The van der Waals surface area contributed by atoms with Crippen LogP contribution in [0.2, 0.25) is 0 Å². The van der Waals surface area contributed by atoms with Crippen LogP contribution in [0.3, 0.4) is 0 Å². The number of phenols is 1. The largest absolute Gasteiger partial charge is 0.508 e. The van der Waals surface area contributed by atoms with Gasteiger partial charge in [0.25, 0.3) is 0 Å². The van der Waals surface area contributed by atoms with Gasteiger partial charge in [0.1, 0.15) is 23.5 Å². The van der Waals surface area contributed by atoms with Crippen LogP contribution in [-0.4, -0.2) is 11.4 Å². The molecule has 0 saturated heterocycles. The van der Waals surface area contributed by atoms with Gasteiger partial charge >= 0.3 is 0 Å². The molecule has 98 valence electrons. The summed E-state index contributed by atoms with van der Waals surface area (Å²) >= 11 is 0. The molecule has 3 aromatic carbocycles. The Morgan fingerprint density at radius 3 is 2.50 bits per heavy atom. The number of hydrogen-bond donors (Lipinski definition) is 1. The minimum Gasteiger partial charge on any atom is -0.508 e. The first kappa shape index (κ1) is 12.2. The molecule has 0 unspecified atom stereocenters. The van der Waals surface area contributed by atoms with Gasteiger partial charge in [-0.1, -0.05) is 12.1 Å². The Labute approximate surface area is 116 Å². The lowest BCUT2D eigenvalue weighted by Gasteiger charge is -2.09. The van der Waals surface area contributed by atoms with Gasteiger partial charge in [0.15, 0.2) is 0 Å². The van der Waals surface area contributed by atoms with E-state index in [1.54, 1.807) is 36.4 Å². The summed E-state index contributed by atoms with van der Waals surface area (Å²) in [5.41, 5.74) is 0.611. The van der Waals surface area contributed by atoms with Crippen LogP contribution in [0.1, 0.15) is 10.4 Å². The van der Waals surface area contributed by atoms with E-state index in [0.717, 1.165) is 17.1 Å². The van der Waals surface area contributed by atoms with Crippen molar-refractivity contribution in [1.82, 2.24) is 0 Å². The quantitative estimate of drug-likeness (QED) is 0.723. The Bertz CT molecular complexity index is 761. The van der Waals surface area contributed by atoms with E-state index < -0.39 is 0 Å². The zero-order valence-corrected chi connectivity index (χ0v) is 10.6. The first-order chi connectivity index (χ1) is 9.76. The molecular formula is C17H12O3. The van der Waals surface area contributed by atoms with Gasteiger partial charge in [0.05, 0.1) is 0 Å². The van der Waals surface area contributed by atoms with Gasteiger partial charge in [-0.3, -0.25) is 4.79 Å². The van der Waals surface area contributed by atoms with E-state index in [1.165, 1.54) is 0 Å². The third-order valence-corrected chi connectivity index (χ3v) is 3.07. The second-order valence-corrected chi connectivity index (χ2v) is 4.45. The van der Waals surface area contributed by atoms with Crippen molar-refractivity contribution < 1.29 is 14.6 Å². The minimum absolute atomic E-state index is 0.227. The Balaban J connectivity index is 1.99. The third-order valence-electron chi connectivity index (χ3n) is 3.07. The van der Waals surface area contributed by atoms with E-state index in [1.807, 2.05) is 24.3 Å². The number of carbonyl (C=O) groups excluding carboxylic acids is 1. The fourth-order valence-electron chi connectivity index (χ4n) is 2.07. The highest BCUT2D eigenvalue weighted by Gasteiger charge is 2.04. The normalized spacial score (nSPS) is 10.4. The fourth-order valence-corrected chi connectivity index (χ4v) is 2.07. The number of hydrogen-bond acceptors (Lipinski definition) is 3. The van der Waals surface area contributed by atoms with Crippen molar-refractivity contribution >= 4 is 17.1 Å². The number of benzene rings is 3. The summed E-state index contributed by atoms with van der Waals surface area (Å²) < 4.78 is 5.83. The van der Waals surface area contributed by atoms with Crippen molar-refractivity contribution in [2.45, 2.75) is 0 Å². The van der Waals surface area contributed by atoms with Gasteiger partial charge in [-0.05, 0) is 53.9 Å². The van der Waals surface area contributed by atoms with Crippen LogP contribution in [0.25, 0.3) is 10.8 Å². The molecule has 0 radical (unpaired) electrons. The molecule has 3 rings (SSSR count). The van der Waals surface area contributed by atoms with E-state index in [2.05, 4.69) is 0 Å². The summed E-state index contributed by atoms with van der Waals surface area (Å²) in [5, 5.41) is 11.3. The number of fused-ring (bicyclic) bond motifs is 1. The van der Waals surface area contributed by atoms with Crippen LogP contribution in [0.5, 0.6) is 17.2 Å². The number of phenolic OH excluding ortho intramolecular Hbond substituents is 1. The molecule has 0 saturated carbocycles. The topological polar surface area (TPSA) is 46.5 Å². The molecule has 1 N–H and O–H groups in total. The van der Waals surface area contributed by atoms with Crippen LogP contribution in [-0.2, 0) is 0 Å². The van der Waals surface area contributed by atoms with Crippen molar-refractivity contribution in [1.29, 1.82) is 0 Å². The molecule has 3 nitrogen and oxygen atoms in total. The van der Waals surface area contributed by atoms with Gasteiger partial charge in [0.2, 0.25) is 0 Å². The molecule has 0 aromatic heterocycles. The smallest absolute Gasteiger partial charge is 0.150 e. The van der Waals surface area contributed by atoms with E-state index in [0.29, 0.717) is 17.1 Å². The van der Waals surface area contributed by atoms with Crippen LogP contribution in [0, 0.1) is 0 Å². The van der Waals surface area contributed by atoms with E-state index in [4.69, 9.17) is 4.74 Å². The average Bonchev–Trinajstić information content (AvgIpc) is 2.48. The lowest BCUT2D eigenvalue weighted by molar-refractivity contribution is 0.112. The maximum absolute atomic E-state index is 10.6. The average molecular weight is 264 g/mol. The van der Waals surface area contributed by atoms with Crippen molar-refractivity contribution in [2.75, 3.05) is 0 Å². The van der Waals surface area contributed by atoms with Gasteiger partial charge in [-0.25, -0.2) is 0 Å². The van der Waals surface area contributed by atoms with Crippen LogP contribution < -0.4 is 4.74 Å². The standard InChI is InChI=1S/C17H12O3/c18-11-12-4-7-15(8-5-12)20-17-3-1-2-13-10-14(19)6-9-16(13)17/h1-11,19H. The van der Waals surface area contributed by atoms with Gasteiger partial charge in [-0.15, -0.1) is 0 Å². The number of rotatable bonds is 3. The Morgan fingerprint density at radius 1 is 0.950 bits per heavy atom. The van der Waals surface area contributed by atoms with Crippen LogP contribution in [0.15, 0.2) is 60.7 Å². The van der Waals surface area contributed by atoms with Crippen molar-refractivity contribution in [3.63, 3.8) is 0 Å². The lowest BCUT2D eigenvalue weighted by Crippen LogP contribution is -1.87. The van der Waals surface area contributed by atoms with Gasteiger partial charge in [0, 0.05) is 10.9 Å². The van der Waals surface area contributed by atoms with Crippen LogP contribution in [0.4, 0.5) is 0 Å². The molecule has 3 heteroatoms. The first-order valence-corrected chi connectivity index (χ1v) is 6.21. The highest BCUT2D eigenvalue weighted by Crippen LogP contribution is 2.31. The van der Waals surface area contributed by atoms with E-state index >= 15 is 0 Å². The molecule has 3 aromatic rings. The summed E-state index contributed by atoms with van der Waals surface area (Å²) in [6.07, 6.45) is 0.796. The van der Waals surface area contributed by atoms with E-state index in [9.17, 15) is 9.90 Å². The third kappa shape index (κ3) is 2.34. The number of ether oxygens (including phenoxy) is 1. The van der Waals surface area contributed by atoms with Crippen LogP contribution >= 0.6 is 0 Å². The second kappa shape index (κ2) is 5.05. The molecule has 20 heavy (non-hydrogen) atoms. The maximum atomic E-state index is 10.6. The molecule has 0 aliphatic rings. The molecule has 0 aliphatic carbocycles. The zero-order chi connectivity index (χ0) is 13.9. The molecule has 0 aliphatic heterocycles. The summed E-state index contributed by atoms with van der Waals surface area (Å²) in [7, 11) is 0. The predicted octanol–water partition coefficient (Wildman–Crippen LogP) is 4.15. The summed E-state index contributed by atoms with van der Waals surface area (Å²) in [5.74, 6) is 1.60. The van der Waals surface area contributed by atoms with Crippen molar-refractivity contribution in [3.8, 4) is 17.2 Å². The Kier molecular flexibility index (Phi) is 3.09. The highest BCUT2D eigenvalue weighted by molar-refractivity contribution is 5.89. The Morgan fingerprint density at radius 2 is 1.75 bits per heavy atom.